The average molecular weight is 296 g/mol. The van der Waals surface area contributed by atoms with Gasteiger partial charge in [0.25, 0.3) is 5.91 Å². The monoisotopic (exact) mass is 296 g/mol. The van der Waals surface area contributed by atoms with Gasteiger partial charge in [0.05, 0.1) is 12.1 Å². The van der Waals surface area contributed by atoms with Crippen molar-refractivity contribution in [3.8, 4) is 0 Å². The van der Waals surface area contributed by atoms with Gasteiger partial charge in [-0.1, -0.05) is 0 Å². The molecule has 0 bridgehead atoms. The van der Waals surface area contributed by atoms with Crippen LogP contribution in [0, 0.1) is 5.82 Å². The Morgan fingerprint density at radius 2 is 1.95 bits per heavy atom. The first-order valence-corrected chi connectivity index (χ1v) is 7.07. The zero-order chi connectivity index (χ0) is 14.5. The minimum Gasteiger partial charge on any atom is -0.343 e. The van der Waals surface area contributed by atoms with Crippen molar-refractivity contribution in [2.45, 2.75) is 24.2 Å². The standard InChI is InChI=1S/C14H17FN2O2S/c15-12-5-4-10(20)8-11(12)14(19)16-9-13(18)17-6-2-1-3-7-17/h4-5,8,20H,1-3,6-7,9H2,(H,16,19). The van der Waals surface area contributed by atoms with Gasteiger partial charge in [0.1, 0.15) is 5.82 Å². The van der Waals surface area contributed by atoms with Crippen LogP contribution in [-0.4, -0.2) is 36.3 Å². The number of amides is 2. The van der Waals surface area contributed by atoms with E-state index in [1.54, 1.807) is 4.90 Å². The van der Waals surface area contributed by atoms with E-state index in [9.17, 15) is 14.0 Å². The Hall–Kier alpha value is -1.56. The molecule has 1 aromatic carbocycles. The molecule has 108 valence electrons. The number of halogens is 1. The van der Waals surface area contributed by atoms with Crippen molar-refractivity contribution in [3.05, 3.63) is 29.6 Å². The first kappa shape index (κ1) is 14.8. The summed E-state index contributed by atoms with van der Waals surface area (Å²) in [6.45, 7) is 1.36. The van der Waals surface area contributed by atoms with Crippen molar-refractivity contribution >= 4 is 24.4 Å². The van der Waals surface area contributed by atoms with Crippen molar-refractivity contribution in [1.29, 1.82) is 0 Å². The number of carbonyl (C=O) groups excluding carboxylic acids is 2. The van der Waals surface area contributed by atoms with Gasteiger partial charge in [-0.2, -0.15) is 0 Å². The average Bonchev–Trinajstić information content (AvgIpc) is 2.47. The van der Waals surface area contributed by atoms with Crippen LogP contribution < -0.4 is 5.32 Å². The van der Waals surface area contributed by atoms with E-state index in [4.69, 9.17) is 0 Å². The molecule has 4 nitrogen and oxygen atoms in total. The van der Waals surface area contributed by atoms with E-state index in [1.165, 1.54) is 18.2 Å². The highest BCUT2D eigenvalue weighted by atomic mass is 32.1. The Labute approximate surface area is 122 Å². The molecule has 0 aromatic heterocycles. The van der Waals surface area contributed by atoms with Gasteiger partial charge in [0.2, 0.25) is 5.91 Å². The Morgan fingerprint density at radius 3 is 2.65 bits per heavy atom. The summed E-state index contributed by atoms with van der Waals surface area (Å²) in [5.41, 5.74) is -0.0936. The quantitative estimate of drug-likeness (QED) is 0.837. The first-order chi connectivity index (χ1) is 9.58. The van der Waals surface area contributed by atoms with Crippen LogP contribution in [0.5, 0.6) is 0 Å². The molecule has 1 aromatic rings. The predicted molar refractivity (Wildman–Crippen MR) is 76.4 cm³/mol. The van der Waals surface area contributed by atoms with Gasteiger partial charge in [0.15, 0.2) is 0 Å². The number of hydrogen-bond donors (Lipinski definition) is 2. The number of piperidine rings is 1. The molecular weight excluding hydrogens is 279 g/mol. The van der Waals surface area contributed by atoms with Crippen LogP contribution >= 0.6 is 12.6 Å². The molecule has 2 amide bonds. The number of rotatable bonds is 3. The molecule has 20 heavy (non-hydrogen) atoms. The third kappa shape index (κ3) is 3.72. The van der Waals surface area contributed by atoms with Crippen molar-refractivity contribution in [2.24, 2.45) is 0 Å². The second kappa shape index (κ2) is 6.74. The lowest BCUT2D eigenvalue weighted by atomic mass is 10.1. The molecule has 0 unspecified atom stereocenters. The van der Waals surface area contributed by atoms with Gasteiger partial charge in [0, 0.05) is 18.0 Å². The summed E-state index contributed by atoms with van der Waals surface area (Å²) in [5, 5.41) is 2.46. The Bertz CT molecular complexity index is 516. The number of likely N-dealkylation sites (tertiary alicyclic amines) is 1. The number of nitrogens with one attached hydrogen (secondary N) is 1. The van der Waals surface area contributed by atoms with Crippen molar-refractivity contribution in [3.63, 3.8) is 0 Å². The van der Waals surface area contributed by atoms with Crippen LogP contribution in [0.3, 0.4) is 0 Å². The highest BCUT2D eigenvalue weighted by Gasteiger charge is 2.18. The van der Waals surface area contributed by atoms with Crippen LogP contribution in [0.4, 0.5) is 4.39 Å². The molecule has 1 fully saturated rings. The molecule has 1 heterocycles. The van der Waals surface area contributed by atoms with E-state index in [2.05, 4.69) is 17.9 Å². The summed E-state index contributed by atoms with van der Waals surface area (Å²) >= 11 is 4.07. The molecule has 1 aliphatic rings. The van der Waals surface area contributed by atoms with Crippen molar-refractivity contribution in [2.75, 3.05) is 19.6 Å². The van der Waals surface area contributed by atoms with Gasteiger partial charge >= 0.3 is 0 Å². The maximum Gasteiger partial charge on any atom is 0.254 e. The van der Waals surface area contributed by atoms with E-state index in [1.807, 2.05) is 0 Å². The Balaban J connectivity index is 1.91. The van der Waals surface area contributed by atoms with Crippen LogP contribution in [0.15, 0.2) is 23.1 Å². The second-order valence-corrected chi connectivity index (χ2v) is 5.30. The maximum absolute atomic E-state index is 13.5. The van der Waals surface area contributed by atoms with Crippen LogP contribution in [0.1, 0.15) is 29.6 Å². The summed E-state index contributed by atoms with van der Waals surface area (Å²) in [7, 11) is 0. The van der Waals surface area contributed by atoms with Crippen molar-refractivity contribution < 1.29 is 14.0 Å². The van der Waals surface area contributed by atoms with Crippen LogP contribution in [0.2, 0.25) is 0 Å². The normalized spacial score (nSPS) is 15.0. The van der Waals surface area contributed by atoms with Gasteiger partial charge in [-0.05, 0) is 37.5 Å². The molecule has 1 aliphatic heterocycles. The molecule has 2 rings (SSSR count). The number of thiol groups is 1. The highest BCUT2D eigenvalue weighted by Crippen LogP contribution is 2.13. The zero-order valence-electron chi connectivity index (χ0n) is 11.1. The molecule has 0 radical (unpaired) electrons. The van der Waals surface area contributed by atoms with Crippen LogP contribution in [0.25, 0.3) is 0 Å². The number of benzene rings is 1. The molecule has 0 saturated carbocycles. The zero-order valence-corrected chi connectivity index (χ0v) is 12.0. The fraction of sp³-hybridized carbons (Fsp3) is 0.429. The van der Waals surface area contributed by atoms with E-state index >= 15 is 0 Å². The first-order valence-electron chi connectivity index (χ1n) is 6.62. The lowest BCUT2D eigenvalue weighted by molar-refractivity contribution is -0.130. The maximum atomic E-state index is 13.5. The van der Waals surface area contributed by atoms with Crippen molar-refractivity contribution in [1.82, 2.24) is 10.2 Å². The highest BCUT2D eigenvalue weighted by molar-refractivity contribution is 7.80. The van der Waals surface area contributed by atoms with Gasteiger partial charge in [-0.3, -0.25) is 9.59 Å². The Morgan fingerprint density at radius 1 is 1.25 bits per heavy atom. The lowest BCUT2D eigenvalue weighted by Crippen LogP contribution is -2.42. The fourth-order valence-corrected chi connectivity index (χ4v) is 2.40. The molecule has 6 heteroatoms. The van der Waals surface area contributed by atoms with Crippen LogP contribution in [-0.2, 0) is 4.79 Å². The molecule has 0 spiro atoms. The minimum absolute atomic E-state index is 0.0936. The minimum atomic E-state index is -0.620. The molecule has 0 atom stereocenters. The molecule has 0 aliphatic carbocycles. The fourth-order valence-electron chi connectivity index (χ4n) is 2.19. The van der Waals surface area contributed by atoms with Gasteiger partial charge in [-0.15, -0.1) is 12.6 Å². The molecule has 1 N–H and O–H groups in total. The van der Waals surface area contributed by atoms with E-state index in [0.717, 1.165) is 32.4 Å². The van der Waals surface area contributed by atoms with E-state index < -0.39 is 11.7 Å². The second-order valence-electron chi connectivity index (χ2n) is 4.79. The lowest BCUT2D eigenvalue weighted by Gasteiger charge is -2.26. The summed E-state index contributed by atoms with van der Waals surface area (Å²) < 4.78 is 13.5. The van der Waals surface area contributed by atoms with Gasteiger partial charge < -0.3 is 10.2 Å². The smallest absolute Gasteiger partial charge is 0.254 e. The predicted octanol–water partition coefficient (Wildman–Crippen LogP) is 1.86. The summed E-state index contributed by atoms with van der Waals surface area (Å²) in [4.78, 5) is 26.0. The summed E-state index contributed by atoms with van der Waals surface area (Å²) in [6, 6.07) is 4.00. The SMILES string of the molecule is O=C(NCC(=O)N1CCCCC1)c1cc(S)ccc1F. The summed E-state index contributed by atoms with van der Waals surface area (Å²) in [6.07, 6.45) is 3.13. The third-order valence-corrected chi connectivity index (χ3v) is 3.58. The number of nitrogens with zero attached hydrogens (tertiary/aromatic N) is 1. The molecule has 1 saturated heterocycles. The molecular formula is C14H17FN2O2S. The topological polar surface area (TPSA) is 49.4 Å². The summed E-state index contributed by atoms with van der Waals surface area (Å²) in [5.74, 6) is -1.34. The third-order valence-electron chi connectivity index (χ3n) is 3.30. The van der Waals surface area contributed by atoms with Gasteiger partial charge in [-0.25, -0.2) is 4.39 Å². The van der Waals surface area contributed by atoms with E-state index in [0.29, 0.717) is 4.90 Å². The Kier molecular flexibility index (Phi) is 5.00. The number of hydrogen-bond acceptors (Lipinski definition) is 3. The van der Waals surface area contributed by atoms with E-state index in [-0.39, 0.29) is 18.0 Å². The largest absolute Gasteiger partial charge is 0.343 e. The number of carbonyl (C=O) groups is 2.